The fraction of sp³-hybridized carbons (Fsp3) is 0.353. The second-order valence-electron chi connectivity index (χ2n) is 5.29. The smallest absolute Gasteiger partial charge is 0.407 e. The van der Waals surface area contributed by atoms with Crippen molar-refractivity contribution in [1.82, 2.24) is 10.3 Å². The average Bonchev–Trinajstić information content (AvgIpc) is 3.14. The molecule has 0 radical (unpaired) electrons. The molecule has 0 aliphatic carbocycles. The van der Waals surface area contributed by atoms with Crippen LogP contribution in [0.1, 0.15) is 34.6 Å². The zero-order chi connectivity index (χ0) is 17.2. The number of hydrogen-bond acceptors (Lipinski definition) is 6. The van der Waals surface area contributed by atoms with Crippen molar-refractivity contribution in [3.8, 4) is 0 Å². The number of hydrogen-bond donors (Lipinski definition) is 2. The molecule has 136 valence electrons. The molecule has 1 amide bonds. The fourth-order valence-corrected chi connectivity index (χ4v) is 2.73. The number of amides is 1. The van der Waals surface area contributed by atoms with E-state index in [2.05, 4.69) is 10.3 Å². The predicted octanol–water partition coefficient (Wildman–Crippen LogP) is 3.17. The summed E-state index contributed by atoms with van der Waals surface area (Å²) in [4.78, 5) is 27.5. The molecule has 2 aromatic rings. The number of carbonyl (C=O) groups excluding carboxylic acids is 2. The molecule has 0 aliphatic heterocycles. The Morgan fingerprint density at radius 2 is 2.00 bits per heavy atom. The van der Waals surface area contributed by atoms with Crippen molar-refractivity contribution in [2.75, 3.05) is 6.54 Å². The maximum Gasteiger partial charge on any atom is 0.407 e. The van der Waals surface area contributed by atoms with Gasteiger partial charge in [0, 0.05) is 18.1 Å². The molecule has 0 aliphatic rings. The van der Waals surface area contributed by atoms with E-state index in [-0.39, 0.29) is 24.8 Å². The molecule has 0 bridgehead atoms. The largest absolute Gasteiger partial charge is 0.445 e. The minimum absolute atomic E-state index is 0. The van der Waals surface area contributed by atoms with Crippen molar-refractivity contribution in [3.05, 3.63) is 52.5 Å². The molecule has 1 aromatic carbocycles. The van der Waals surface area contributed by atoms with E-state index >= 15 is 0 Å². The zero-order valence-corrected chi connectivity index (χ0v) is 15.4. The Kier molecular flexibility index (Phi) is 9.76. The SMILES string of the molecule is Cl.N[C@@H](CCCCNC(=O)OCc1ccccc1)C(=O)c1nccs1. The van der Waals surface area contributed by atoms with Gasteiger partial charge in [-0.1, -0.05) is 30.3 Å². The minimum Gasteiger partial charge on any atom is -0.445 e. The number of ether oxygens (including phenoxy) is 1. The lowest BCUT2D eigenvalue weighted by molar-refractivity contribution is 0.0955. The van der Waals surface area contributed by atoms with Gasteiger partial charge in [0.25, 0.3) is 0 Å². The summed E-state index contributed by atoms with van der Waals surface area (Å²) in [7, 11) is 0. The molecule has 0 spiro atoms. The normalized spacial score (nSPS) is 11.2. The van der Waals surface area contributed by atoms with Gasteiger partial charge >= 0.3 is 6.09 Å². The van der Waals surface area contributed by atoms with Crippen LogP contribution in [0.15, 0.2) is 41.9 Å². The molecule has 3 N–H and O–H groups in total. The summed E-state index contributed by atoms with van der Waals surface area (Å²) in [6.07, 6.45) is 3.20. The van der Waals surface area contributed by atoms with Gasteiger partial charge in [0.2, 0.25) is 5.78 Å². The van der Waals surface area contributed by atoms with E-state index in [1.165, 1.54) is 11.3 Å². The van der Waals surface area contributed by atoms with E-state index in [1.807, 2.05) is 30.3 Å². The first kappa shape index (κ1) is 21.1. The first-order valence-electron chi connectivity index (χ1n) is 7.80. The van der Waals surface area contributed by atoms with Crippen molar-refractivity contribution in [3.63, 3.8) is 0 Å². The number of halogens is 1. The van der Waals surface area contributed by atoms with Crippen LogP contribution in [0.3, 0.4) is 0 Å². The lowest BCUT2D eigenvalue weighted by atomic mass is 10.1. The summed E-state index contributed by atoms with van der Waals surface area (Å²) in [6.45, 7) is 0.742. The number of alkyl carbamates (subject to hydrolysis) is 1. The van der Waals surface area contributed by atoms with Crippen LogP contribution in [0.4, 0.5) is 4.79 Å². The van der Waals surface area contributed by atoms with Gasteiger partial charge in [0.1, 0.15) is 6.61 Å². The van der Waals surface area contributed by atoms with Crippen molar-refractivity contribution < 1.29 is 14.3 Å². The number of unbranched alkanes of at least 4 members (excludes halogenated alkanes) is 1. The van der Waals surface area contributed by atoms with Gasteiger partial charge in [-0.2, -0.15) is 0 Å². The summed E-state index contributed by atoms with van der Waals surface area (Å²) < 4.78 is 5.11. The van der Waals surface area contributed by atoms with Crippen LogP contribution < -0.4 is 11.1 Å². The lowest BCUT2D eigenvalue weighted by Crippen LogP contribution is -2.31. The molecule has 1 heterocycles. The third-order valence-electron chi connectivity index (χ3n) is 3.40. The van der Waals surface area contributed by atoms with Crippen LogP contribution in [-0.2, 0) is 11.3 Å². The quantitative estimate of drug-likeness (QED) is 0.512. The molecular formula is C17H22ClN3O3S. The third kappa shape index (κ3) is 7.64. The fourth-order valence-electron chi connectivity index (χ4n) is 2.09. The first-order valence-corrected chi connectivity index (χ1v) is 8.68. The summed E-state index contributed by atoms with van der Waals surface area (Å²) in [5.74, 6) is -0.125. The number of nitrogens with two attached hydrogens (primary N) is 1. The number of nitrogens with zero attached hydrogens (tertiary/aromatic N) is 1. The van der Waals surface area contributed by atoms with E-state index in [0.717, 1.165) is 18.4 Å². The van der Waals surface area contributed by atoms with Crippen LogP contribution in [-0.4, -0.2) is 29.4 Å². The van der Waals surface area contributed by atoms with Crippen molar-refractivity contribution >= 4 is 35.6 Å². The topological polar surface area (TPSA) is 94.3 Å². The number of ketones is 1. The van der Waals surface area contributed by atoms with Crippen LogP contribution in [0.2, 0.25) is 0 Å². The Bertz CT molecular complexity index is 638. The molecule has 0 fully saturated rings. The maximum absolute atomic E-state index is 11.9. The summed E-state index contributed by atoms with van der Waals surface area (Å²) in [5.41, 5.74) is 6.81. The van der Waals surface area contributed by atoms with Gasteiger partial charge in [0.15, 0.2) is 5.01 Å². The number of aromatic nitrogens is 1. The minimum atomic E-state index is -0.541. The van der Waals surface area contributed by atoms with E-state index in [1.54, 1.807) is 11.6 Å². The Morgan fingerprint density at radius 3 is 2.68 bits per heavy atom. The molecule has 8 heteroatoms. The van der Waals surface area contributed by atoms with E-state index in [0.29, 0.717) is 18.0 Å². The molecule has 0 saturated carbocycles. The number of carbonyl (C=O) groups is 2. The standard InChI is InChI=1S/C17H21N3O3S.ClH/c18-14(15(21)16-19-10-11-24-16)8-4-5-9-20-17(22)23-12-13-6-2-1-3-7-13;/h1-3,6-7,10-11,14H,4-5,8-9,12,18H2,(H,20,22);1H/t14-;/m0./s1. The maximum atomic E-state index is 11.9. The van der Waals surface area contributed by atoms with Crippen LogP contribution >= 0.6 is 23.7 Å². The van der Waals surface area contributed by atoms with Crippen LogP contribution in [0.5, 0.6) is 0 Å². The average molecular weight is 384 g/mol. The van der Waals surface area contributed by atoms with Gasteiger partial charge in [0.05, 0.1) is 6.04 Å². The molecular weight excluding hydrogens is 362 g/mol. The first-order chi connectivity index (χ1) is 11.7. The van der Waals surface area contributed by atoms with Crippen LogP contribution in [0.25, 0.3) is 0 Å². The number of Topliss-reactive ketones (excluding diaryl/α,β-unsaturated/α-hetero) is 1. The molecule has 1 aromatic heterocycles. The van der Waals surface area contributed by atoms with E-state index in [9.17, 15) is 9.59 Å². The summed E-state index contributed by atoms with van der Waals surface area (Å²) >= 11 is 1.30. The lowest BCUT2D eigenvalue weighted by Gasteiger charge is -2.09. The predicted molar refractivity (Wildman–Crippen MR) is 100 cm³/mol. The molecule has 1 atom stereocenters. The second-order valence-corrected chi connectivity index (χ2v) is 6.19. The van der Waals surface area contributed by atoms with Crippen LogP contribution in [0, 0.1) is 0 Å². The number of nitrogens with one attached hydrogen (secondary N) is 1. The summed E-state index contributed by atoms with van der Waals surface area (Å²) in [5, 5.41) is 4.89. The Morgan fingerprint density at radius 1 is 1.24 bits per heavy atom. The Balaban J connectivity index is 0.00000312. The monoisotopic (exact) mass is 383 g/mol. The van der Waals surface area contributed by atoms with E-state index < -0.39 is 12.1 Å². The highest BCUT2D eigenvalue weighted by atomic mass is 35.5. The molecule has 25 heavy (non-hydrogen) atoms. The van der Waals surface area contributed by atoms with Gasteiger partial charge in [-0.25, -0.2) is 9.78 Å². The molecule has 0 saturated heterocycles. The van der Waals surface area contributed by atoms with Crippen molar-refractivity contribution in [1.29, 1.82) is 0 Å². The molecule has 0 unspecified atom stereocenters. The Hall–Kier alpha value is -1.96. The number of thiazole rings is 1. The Labute approximate surface area is 157 Å². The third-order valence-corrected chi connectivity index (χ3v) is 4.19. The van der Waals surface area contributed by atoms with Gasteiger partial charge < -0.3 is 15.8 Å². The number of benzene rings is 1. The summed E-state index contributed by atoms with van der Waals surface area (Å²) in [6, 6.07) is 8.95. The van der Waals surface area contributed by atoms with E-state index in [4.69, 9.17) is 10.5 Å². The molecule has 2 rings (SSSR count). The highest BCUT2D eigenvalue weighted by Crippen LogP contribution is 2.10. The van der Waals surface area contributed by atoms with Gasteiger partial charge in [-0.15, -0.1) is 23.7 Å². The van der Waals surface area contributed by atoms with Gasteiger partial charge in [-0.05, 0) is 24.8 Å². The molecule has 6 nitrogen and oxygen atoms in total. The highest BCUT2D eigenvalue weighted by Gasteiger charge is 2.17. The number of rotatable bonds is 9. The van der Waals surface area contributed by atoms with Crippen molar-refractivity contribution in [2.24, 2.45) is 5.73 Å². The zero-order valence-electron chi connectivity index (χ0n) is 13.7. The second kappa shape index (κ2) is 11.6. The van der Waals surface area contributed by atoms with Crippen molar-refractivity contribution in [2.45, 2.75) is 31.9 Å². The highest BCUT2D eigenvalue weighted by molar-refractivity contribution is 7.11. The van der Waals surface area contributed by atoms with Gasteiger partial charge in [-0.3, -0.25) is 4.79 Å².